The Kier molecular flexibility index (Phi) is 14.6. The van der Waals surface area contributed by atoms with Crippen molar-refractivity contribution in [3.05, 3.63) is 42.0 Å². The van der Waals surface area contributed by atoms with Gasteiger partial charge in [-0.15, -0.1) is 0 Å². The Morgan fingerprint density at radius 1 is 0.781 bits per heavy atom. The van der Waals surface area contributed by atoms with E-state index in [2.05, 4.69) is 19.1 Å². The Morgan fingerprint density at radius 2 is 1.28 bits per heavy atom. The number of unbranched alkanes of at least 4 members (excludes halogenated alkanes) is 11. The van der Waals surface area contributed by atoms with Gasteiger partial charge in [-0.25, -0.2) is 13.2 Å². The molecular weight excluding hydrogens is 424 g/mol. The molecular formula is C26H40O5S. The summed E-state index contributed by atoms with van der Waals surface area (Å²) in [5.41, 5.74) is 0.165. The van der Waals surface area contributed by atoms with Crippen LogP contribution >= 0.6 is 0 Å². The number of benzene rings is 1. The highest BCUT2D eigenvalue weighted by Gasteiger charge is 2.14. The van der Waals surface area contributed by atoms with E-state index >= 15 is 0 Å². The van der Waals surface area contributed by atoms with Crippen molar-refractivity contribution >= 4 is 21.8 Å². The number of hydrogen-bond acceptors (Lipinski definition) is 5. The molecule has 0 heterocycles. The van der Waals surface area contributed by atoms with Crippen molar-refractivity contribution in [1.29, 1.82) is 0 Å². The van der Waals surface area contributed by atoms with Crippen molar-refractivity contribution in [3.63, 3.8) is 0 Å². The van der Waals surface area contributed by atoms with Gasteiger partial charge >= 0.3 is 11.9 Å². The molecule has 1 aromatic carbocycles. The van der Waals surface area contributed by atoms with Crippen LogP contribution in [0.5, 0.6) is 0 Å². The van der Waals surface area contributed by atoms with E-state index in [1.165, 1.54) is 88.5 Å². The molecule has 0 saturated carbocycles. The van der Waals surface area contributed by atoms with Gasteiger partial charge in [0.15, 0.2) is 9.84 Å². The van der Waals surface area contributed by atoms with Crippen LogP contribution in [0.4, 0.5) is 0 Å². The van der Waals surface area contributed by atoms with Gasteiger partial charge in [0.2, 0.25) is 0 Å². The maximum absolute atomic E-state index is 12.0. The lowest BCUT2D eigenvalue weighted by molar-refractivity contribution is -0.138. The second-order valence-electron chi connectivity index (χ2n) is 8.39. The van der Waals surface area contributed by atoms with Crippen LogP contribution in [0.15, 0.2) is 41.3 Å². The molecule has 0 bridgehead atoms. The lowest BCUT2D eigenvalue weighted by atomic mass is 10.1. The highest BCUT2D eigenvalue weighted by molar-refractivity contribution is 7.90. The number of rotatable bonds is 17. The molecule has 5 nitrogen and oxygen atoms in total. The third kappa shape index (κ3) is 13.5. The van der Waals surface area contributed by atoms with E-state index in [9.17, 15) is 18.0 Å². The maximum Gasteiger partial charge on any atom is 0.345 e. The van der Waals surface area contributed by atoms with E-state index in [1.807, 2.05) is 0 Å². The Labute approximate surface area is 194 Å². The lowest BCUT2D eigenvalue weighted by Crippen LogP contribution is -2.12. The van der Waals surface area contributed by atoms with Crippen molar-refractivity contribution in [2.24, 2.45) is 0 Å². The first-order chi connectivity index (χ1) is 15.3. The van der Waals surface area contributed by atoms with Crippen molar-refractivity contribution < 1.29 is 22.7 Å². The second kappa shape index (κ2) is 16.7. The van der Waals surface area contributed by atoms with Crippen LogP contribution in [0.2, 0.25) is 0 Å². The molecule has 0 saturated heterocycles. The fraction of sp³-hybridized carbons (Fsp3) is 0.615. The van der Waals surface area contributed by atoms with E-state index in [-0.39, 0.29) is 16.9 Å². The highest BCUT2D eigenvalue weighted by atomic mass is 32.2. The number of allylic oxidation sites excluding steroid dienone is 2. The molecule has 1 rings (SSSR count). The molecule has 1 aromatic rings. The minimum atomic E-state index is -3.32. The van der Waals surface area contributed by atoms with Crippen LogP contribution in [0.1, 0.15) is 107 Å². The van der Waals surface area contributed by atoms with Crippen LogP contribution in [0, 0.1) is 0 Å². The highest BCUT2D eigenvalue weighted by Crippen LogP contribution is 2.14. The Morgan fingerprint density at radius 3 is 1.81 bits per heavy atom. The number of sulfone groups is 1. The molecule has 0 aromatic heterocycles. The van der Waals surface area contributed by atoms with Gasteiger partial charge in [0, 0.05) is 12.7 Å². The van der Waals surface area contributed by atoms with Gasteiger partial charge in [0.05, 0.1) is 10.5 Å². The molecule has 0 N–H and O–H groups in total. The normalized spacial score (nSPS) is 11.7. The molecule has 0 fully saturated rings. The van der Waals surface area contributed by atoms with Gasteiger partial charge in [-0.05, 0) is 49.9 Å². The molecule has 0 aliphatic heterocycles. The zero-order valence-corrected chi connectivity index (χ0v) is 20.6. The first-order valence-electron chi connectivity index (χ1n) is 12.0. The molecule has 0 unspecified atom stereocenters. The summed E-state index contributed by atoms with van der Waals surface area (Å²) in [6.45, 7) is 2.22. The Bertz CT molecular complexity index is 794. The monoisotopic (exact) mass is 464 g/mol. The molecule has 0 spiro atoms. The summed E-state index contributed by atoms with van der Waals surface area (Å²) in [6.07, 6.45) is 21.2. The smallest absolute Gasteiger partial charge is 0.345 e. The topological polar surface area (TPSA) is 77.5 Å². The van der Waals surface area contributed by atoms with Crippen molar-refractivity contribution in [2.75, 3.05) is 6.26 Å². The Balaban J connectivity index is 2.01. The maximum atomic E-state index is 12.0. The van der Waals surface area contributed by atoms with Crippen LogP contribution in [0.3, 0.4) is 0 Å². The molecule has 180 valence electrons. The van der Waals surface area contributed by atoms with Crippen LogP contribution in [-0.2, 0) is 19.4 Å². The molecule has 6 heteroatoms. The second-order valence-corrected chi connectivity index (χ2v) is 10.4. The van der Waals surface area contributed by atoms with Crippen molar-refractivity contribution in [3.8, 4) is 0 Å². The number of carbonyl (C=O) groups is 2. The first kappa shape index (κ1) is 28.1. The molecule has 0 aliphatic carbocycles. The van der Waals surface area contributed by atoms with E-state index in [1.54, 1.807) is 0 Å². The van der Waals surface area contributed by atoms with Gasteiger partial charge in [-0.2, -0.15) is 0 Å². The van der Waals surface area contributed by atoms with Crippen molar-refractivity contribution in [1.82, 2.24) is 0 Å². The average molecular weight is 465 g/mol. The summed E-state index contributed by atoms with van der Waals surface area (Å²) in [6, 6.07) is 5.39. The summed E-state index contributed by atoms with van der Waals surface area (Å²) in [4.78, 5) is 23.9. The minimum Gasteiger partial charge on any atom is -0.389 e. The number of carbonyl (C=O) groups excluding carboxylic acids is 2. The number of ether oxygens (including phenoxy) is 1. The standard InChI is InChI=1S/C26H40O5S/c1-3-4-5-6-7-8-9-10-11-12-13-14-15-16-17-18-25(27)31-26(28)23-19-21-24(22-20-23)32(2,29)30/h6-7,19-22H,3-5,8-18H2,1-2H3/b7-6-. The van der Waals surface area contributed by atoms with Crippen LogP contribution < -0.4 is 0 Å². The summed E-state index contributed by atoms with van der Waals surface area (Å²) in [5.74, 6) is -1.28. The predicted molar refractivity (Wildman–Crippen MR) is 129 cm³/mol. The summed E-state index contributed by atoms with van der Waals surface area (Å²) in [7, 11) is -3.32. The molecule has 0 atom stereocenters. The summed E-state index contributed by atoms with van der Waals surface area (Å²) >= 11 is 0. The lowest BCUT2D eigenvalue weighted by Gasteiger charge is -2.05. The zero-order valence-electron chi connectivity index (χ0n) is 19.8. The largest absolute Gasteiger partial charge is 0.389 e. The van der Waals surface area contributed by atoms with E-state index < -0.39 is 21.8 Å². The van der Waals surface area contributed by atoms with Gasteiger partial charge in [-0.3, -0.25) is 4.79 Å². The van der Waals surface area contributed by atoms with Gasteiger partial charge in [0.1, 0.15) is 0 Å². The van der Waals surface area contributed by atoms with Crippen molar-refractivity contribution in [2.45, 2.75) is 102 Å². The summed E-state index contributed by atoms with van der Waals surface area (Å²) < 4.78 is 27.7. The fourth-order valence-corrected chi connectivity index (χ4v) is 4.01. The minimum absolute atomic E-state index is 0.121. The third-order valence-corrected chi connectivity index (χ3v) is 6.50. The summed E-state index contributed by atoms with van der Waals surface area (Å²) in [5, 5.41) is 0. The molecule has 32 heavy (non-hydrogen) atoms. The fourth-order valence-electron chi connectivity index (χ4n) is 3.38. The first-order valence-corrected chi connectivity index (χ1v) is 13.9. The van der Waals surface area contributed by atoms with Gasteiger partial charge in [-0.1, -0.05) is 76.9 Å². The third-order valence-electron chi connectivity index (χ3n) is 5.37. The van der Waals surface area contributed by atoms with Crippen LogP contribution in [-0.4, -0.2) is 26.6 Å². The van der Waals surface area contributed by atoms with Gasteiger partial charge < -0.3 is 4.74 Å². The number of esters is 2. The predicted octanol–water partition coefficient (Wildman–Crippen LogP) is 6.81. The zero-order chi connectivity index (χ0) is 23.7. The SMILES string of the molecule is CCCC/C=C\CCCCCCCCCCCC(=O)OC(=O)c1ccc(S(C)(=O)=O)cc1. The van der Waals surface area contributed by atoms with Gasteiger partial charge in [0.25, 0.3) is 0 Å². The van der Waals surface area contributed by atoms with E-state index in [4.69, 9.17) is 4.74 Å². The van der Waals surface area contributed by atoms with Crippen LogP contribution in [0.25, 0.3) is 0 Å². The quantitative estimate of drug-likeness (QED) is 0.109. The molecule has 0 amide bonds. The molecule has 0 radical (unpaired) electrons. The Hall–Kier alpha value is -1.95. The van der Waals surface area contributed by atoms with E-state index in [0.29, 0.717) is 6.42 Å². The van der Waals surface area contributed by atoms with E-state index in [0.717, 1.165) is 19.1 Å². The number of hydrogen-bond donors (Lipinski definition) is 0. The molecule has 0 aliphatic rings. The average Bonchev–Trinajstić information content (AvgIpc) is 2.76.